The van der Waals surface area contributed by atoms with E-state index in [4.69, 9.17) is 9.47 Å². The number of methoxy groups -OCH3 is 1. The van der Waals surface area contributed by atoms with Crippen LogP contribution < -0.4 is 5.32 Å². The molecule has 2 heterocycles. The van der Waals surface area contributed by atoms with Crippen molar-refractivity contribution in [1.29, 1.82) is 0 Å². The summed E-state index contributed by atoms with van der Waals surface area (Å²) in [4.78, 5) is 21.6. The standard InChI is InChI=1S/C22H34N4O3/c1-3-23-22(26-10-8-18(15-26)17-29-13-12-28-2)24-14-21(27)25-11-9-19-6-4-5-7-20(19)16-25/h4-7,18H,3,8-17H2,1-2H3,(H,23,24). The third kappa shape index (κ3) is 6.18. The molecule has 1 fully saturated rings. The zero-order valence-corrected chi connectivity index (χ0v) is 17.7. The van der Waals surface area contributed by atoms with Crippen LogP contribution in [0.5, 0.6) is 0 Å². The Morgan fingerprint density at radius 1 is 1.21 bits per heavy atom. The van der Waals surface area contributed by atoms with Crippen LogP contribution >= 0.6 is 0 Å². The van der Waals surface area contributed by atoms with Crippen LogP contribution in [0.15, 0.2) is 29.3 Å². The monoisotopic (exact) mass is 402 g/mol. The maximum atomic E-state index is 12.7. The lowest BCUT2D eigenvalue weighted by Gasteiger charge is -2.28. The van der Waals surface area contributed by atoms with Gasteiger partial charge < -0.3 is 24.6 Å². The van der Waals surface area contributed by atoms with Crippen molar-refractivity contribution in [1.82, 2.24) is 15.1 Å². The number of guanidine groups is 1. The first-order chi connectivity index (χ1) is 14.2. The highest BCUT2D eigenvalue weighted by Gasteiger charge is 2.26. The van der Waals surface area contributed by atoms with E-state index in [1.165, 1.54) is 11.1 Å². The van der Waals surface area contributed by atoms with Gasteiger partial charge in [-0.2, -0.15) is 0 Å². The van der Waals surface area contributed by atoms with Crippen molar-refractivity contribution in [2.45, 2.75) is 26.3 Å². The molecular formula is C22H34N4O3. The van der Waals surface area contributed by atoms with Gasteiger partial charge in [-0.3, -0.25) is 4.79 Å². The molecule has 1 aromatic carbocycles. The molecule has 1 amide bonds. The summed E-state index contributed by atoms with van der Waals surface area (Å²) in [5, 5.41) is 3.34. The van der Waals surface area contributed by atoms with Gasteiger partial charge in [-0.1, -0.05) is 24.3 Å². The third-order valence-electron chi connectivity index (χ3n) is 5.55. The summed E-state index contributed by atoms with van der Waals surface area (Å²) in [6.07, 6.45) is 2.00. The normalized spacial score (nSPS) is 19.4. The number of ether oxygens (including phenoxy) is 2. The highest BCUT2D eigenvalue weighted by atomic mass is 16.5. The first-order valence-electron chi connectivity index (χ1n) is 10.7. The van der Waals surface area contributed by atoms with Crippen LogP contribution in [0, 0.1) is 5.92 Å². The van der Waals surface area contributed by atoms with E-state index in [9.17, 15) is 4.79 Å². The number of aliphatic imine (C=N–C) groups is 1. The van der Waals surface area contributed by atoms with E-state index >= 15 is 0 Å². The van der Waals surface area contributed by atoms with E-state index in [0.29, 0.717) is 25.7 Å². The van der Waals surface area contributed by atoms with Crippen molar-refractivity contribution in [2.75, 3.05) is 59.7 Å². The molecule has 0 aromatic heterocycles. The number of amides is 1. The molecule has 0 spiro atoms. The van der Waals surface area contributed by atoms with Gasteiger partial charge in [-0.05, 0) is 30.9 Å². The molecule has 1 N–H and O–H groups in total. The van der Waals surface area contributed by atoms with Crippen molar-refractivity contribution in [2.24, 2.45) is 10.9 Å². The summed E-state index contributed by atoms with van der Waals surface area (Å²) in [5.74, 6) is 1.41. The van der Waals surface area contributed by atoms with Crippen LogP contribution in [-0.2, 0) is 27.2 Å². The second-order valence-electron chi connectivity index (χ2n) is 7.67. The molecule has 2 aliphatic heterocycles. The smallest absolute Gasteiger partial charge is 0.244 e. The maximum Gasteiger partial charge on any atom is 0.244 e. The summed E-state index contributed by atoms with van der Waals surface area (Å²) in [5.41, 5.74) is 2.60. The maximum absolute atomic E-state index is 12.7. The number of likely N-dealkylation sites (tertiary alicyclic amines) is 1. The van der Waals surface area contributed by atoms with Crippen molar-refractivity contribution in [3.8, 4) is 0 Å². The molecule has 1 saturated heterocycles. The van der Waals surface area contributed by atoms with Gasteiger partial charge in [0.05, 0.1) is 19.8 Å². The van der Waals surface area contributed by atoms with Crippen molar-refractivity contribution in [3.05, 3.63) is 35.4 Å². The fourth-order valence-corrected chi connectivity index (χ4v) is 3.93. The van der Waals surface area contributed by atoms with E-state index in [1.54, 1.807) is 7.11 Å². The Morgan fingerprint density at radius 2 is 2.03 bits per heavy atom. The lowest BCUT2D eigenvalue weighted by Crippen LogP contribution is -2.42. The van der Waals surface area contributed by atoms with E-state index in [0.717, 1.165) is 51.6 Å². The number of hydrogen-bond acceptors (Lipinski definition) is 4. The number of carbonyl (C=O) groups is 1. The predicted molar refractivity (Wildman–Crippen MR) is 114 cm³/mol. The predicted octanol–water partition coefficient (Wildman–Crippen LogP) is 1.52. The first-order valence-corrected chi connectivity index (χ1v) is 10.7. The minimum atomic E-state index is 0.0913. The molecular weight excluding hydrogens is 368 g/mol. The van der Waals surface area contributed by atoms with Crippen LogP contribution in [-0.4, -0.2) is 81.3 Å². The Hall–Kier alpha value is -2.12. The number of nitrogens with one attached hydrogen (secondary N) is 1. The van der Waals surface area contributed by atoms with Crippen LogP contribution in [0.2, 0.25) is 0 Å². The number of hydrogen-bond donors (Lipinski definition) is 1. The average molecular weight is 403 g/mol. The van der Waals surface area contributed by atoms with Gasteiger partial charge in [0, 0.05) is 45.8 Å². The van der Waals surface area contributed by atoms with Gasteiger partial charge in [0.25, 0.3) is 0 Å². The summed E-state index contributed by atoms with van der Waals surface area (Å²) >= 11 is 0. The fourth-order valence-electron chi connectivity index (χ4n) is 3.93. The Bertz CT molecular complexity index is 694. The second kappa shape index (κ2) is 11.2. The van der Waals surface area contributed by atoms with E-state index in [-0.39, 0.29) is 12.5 Å². The summed E-state index contributed by atoms with van der Waals surface area (Å²) < 4.78 is 10.7. The van der Waals surface area contributed by atoms with Crippen LogP contribution in [0.25, 0.3) is 0 Å². The Kier molecular flexibility index (Phi) is 8.31. The molecule has 0 saturated carbocycles. The molecule has 0 radical (unpaired) electrons. The summed E-state index contributed by atoms with van der Waals surface area (Å²) in [6, 6.07) is 8.37. The second-order valence-corrected chi connectivity index (χ2v) is 7.67. The van der Waals surface area contributed by atoms with Crippen molar-refractivity contribution in [3.63, 3.8) is 0 Å². The Balaban J connectivity index is 1.51. The number of benzene rings is 1. The average Bonchev–Trinajstić information content (AvgIpc) is 3.22. The lowest BCUT2D eigenvalue weighted by molar-refractivity contribution is -0.130. The van der Waals surface area contributed by atoms with Crippen LogP contribution in [0.4, 0.5) is 0 Å². The highest BCUT2D eigenvalue weighted by molar-refractivity contribution is 5.85. The van der Waals surface area contributed by atoms with E-state index < -0.39 is 0 Å². The van der Waals surface area contributed by atoms with Crippen LogP contribution in [0.1, 0.15) is 24.5 Å². The lowest BCUT2D eigenvalue weighted by atomic mass is 10.00. The largest absolute Gasteiger partial charge is 0.382 e. The molecule has 7 heteroatoms. The molecule has 3 rings (SSSR count). The van der Waals surface area contributed by atoms with Gasteiger partial charge >= 0.3 is 0 Å². The zero-order valence-electron chi connectivity index (χ0n) is 17.7. The summed E-state index contributed by atoms with van der Waals surface area (Å²) in [6.45, 7) is 8.34. The van der Waals surface area contributed by atoms with Crippen LogP contribution in [0.3, 0.4) is 0 Å². The van der Waals surface area contributed by atoms with Crippen molar-refractivity contribution < 1.29 is 14.3 Å². The van der Waals surface area contributed by atoms with E-state index in [2.05, 4.69) is 40.3 Å². The van der Waals surface area contributed by atoms with Gasteiger partial charge in [0.2, 0.25) is 5.91 Å². The minimum Gasteiger partial charge on any atom is -0.382 e. The molecule has 1 unspecified atom stereocenters. The molecule has 29 heavy (non-hydrogen) atoms. The highest BCUT2D eigenvalue weighted by Crippen LogP contribution is 2.19. The summed E-state index contributed by atoms with van der Waals surface area (Å²) in [7, 11) is 1.68. The Morgan fingerprint density at radius 3 is 2.83 bits per heavy atom. The van der Waals surface area contributed by atoms with Gasteiger partial charge in [-0.15, -0.1) is 0 Å². The molecule has 0 aliphatic carbocycles. The molecule has 1 aromatic rings. The molecule has 1 atom stereocenters. The minimum absolute atomic E-state index is 0.0913. The fraction of sp³-hybridized carbons (Fsp3) is 0.636. The third-order valence-corrected chi connectivity index (χ3v) is 5.55. The number of nitrogens with zero attached hydrogens (tertiary/aromatic N) is 3. The molecule has 2 aliphatic rings. The molecule has 160 valence electrons. The molecule has 0 bridgehead atoms. The van der Waals surface area contributed by atoms with Gasteiger partial charge in [0.1, 0.15) is 6.54 Å². The molecule has 7 nitrogen and oxygen atoms in total. The number of fused-ring (bicyclic) bond motifs is 1. The number of carbonyl (C=O) groups excluding carboxylic acids is 1. The Labute approximate surface area is 174 Å². The van der Waals surface area contributed by atoms with Gasteiger partial charge in [0.15, 0.2) is 5.96 Å². The van der Waals surface area contributed by atoms with E-state index in [1.807, 2.05) is 11.0 Å². The van der Waals surface area contributed by atoms with Crippen molar-refractivity contribution >= 4 is 11.9 Å². The zero-order chi connectivity index (χ0) is 20.5. The number of rotatable bonds is 8. The SMILES string of the molecule is CCNC(=NCC(=O)N1CCc2ccccc2C1)N1CCC(COCCOC)C1. The van der Waals surface area contributed by atoms with Gasteiger partial charge in [-0.25, -0.2) is 4.99 Å². The first kappa shape index (κ1) is 21.6. The topological polar surface area (TPSA) is 66.4 Å². The quantitative estimate of drug-likeness (QED) is 0.406.